The molecule has 1 heterocycles. The minimum absolute atomic E-state index is 0.319. The summed E-state index contributed by atoms with van der Waals surface area (Å²) in [6, 6.07) is 14.7. The number of carbonyl (C=O) groups excluding carboxylic acids is 1. The van der Waals surface area contributed by atoms with E-state index in [1.54, 1.807) is 19.4 Å². The van der Waals surface area contributed by atoms with Gasteiger partial charge in [0, 0.05) is 5.56 Å². The number of hydrogen-bond donors (Lipinski definition) is 1. The van der Waals surface area contributed by atoms with Gasteiger partial charge in [-0.15, -0.1) is 11.3 Å². The molecule has 0 aliphatic carbocycles. The smallest absolute Gasteiger partial charge is 0.283 e. The molecule has 0 unspecified atom stereocenters. The van der Waals surface area contributed by atoms with Crippen LogP contribution in [0.5, 0.6) is 5.75 Å². The molecule has 0 saturated carbocycles. The zero-order valence-corrected chi connectivity index (χ0v) is 14.8. The first-order valence-corrected chi connectivity index (χ1v) is 8.55. The molecule has 5 nitrogen and oxygen atoms in total. The Morgan fingerprint density at radius 3 is 2.72 bits per heavy atom. The maximum Gasteiger partial charge on any atom is 0.283 e. The Hall–Kier alpha value is -2.70. The van der Waals surface area contributed by atoms with Crippen LogP contribution in [0.2, 0.25) is 5.02 Å². The zero-order chi connectivity index (χ0) is 17.6. The van der Waals surface area contributed by atoms with Gasteiger partial charge in [-0.1, -0.05) is 29.8 Å². The lowest BCUT2D eigenvalue weighted by Gasteiger charge is -1.99. The Morgan fingerprint density at radius 2 is 2.00 bits per heavy atom. The van der Waals surface area contributed by atoms with Crippen LogP contribution in [0.3, 0.4) is 0 Å². The van der Waals surface area contributed by atoms with Crippen LogP contribution in [0.15, 0.2) is 59.8 Å². The van der Waals surface area contributed by atoms with Crippen LogP contribution in [0, 0.1) is 0 Å². The van der Waals surface area contributed by atoms with E-state index >= 15 is 0 Å². The molecule has 0 bridgehead atoms. The number of hydrogen-bond acceptors (Lipinski definition) is 5. The van der Waals surface area contributed by atoms with Crippen LogP contribution in [0.4, 0.5) is 0 Å². The summed E-state index contributed by atoms with van der Waals surface area (Å²) in [6.07, 6.45) is 3.08. The SMILES string of the molecule is COc1ccc(/C=N\NC(=O)c2cnc(-c3ccccc3Cl)s2)cc1. The van der Waals surface area contributed by atoms with Gasteiger partial charge in [0.05, 0.1) is 24.5 Å². The van der Waals surface area contributed by atoms with Gasteiger partial charge < -0.3 is 4.74 Å². The van der Waals surface area contributed by atoms with Crippen molar-refractivity contribution < 1.29 is 9.53 Å². The van der Waals surface area contributed by atoms with Crippen molar-refractivity contribution in [3.8, 4) is 16.3 Å². The van der Waals surface area contributed by atoms with Gasteiger partial charge in [0.25, 0.3) is 5.91 Å². The van der Waals surface area contributed by atoms with Crippen molar-refractivity contribution in [2.75, 3.05) is 7.11 Å². The third-order valence-electron chi connectivity index (χ3n) is 3.33. The van der Waals surface area contributed by atoms with Crippen LogP contribution in [-0.2, 0) is 0 Å². The van der Waals surface area contributed by atoms with Crippen LogP contribution in [0.25, 0.3) is 10.6 Å². The van der Waals surface area contributed by atoms with E-state index in [0.717, 1.165) is 16.9 Å². The Bertz CT molecular complexity index is 907. The molecule has 0 spiro atoms. The van der Waals surface area contributed by atoms with Gasteiger partial charge in [-0.05, 0) is 35.9 Å². The number of nitrogens with one attached hydrogen (secondary N) is 1. The summed E-state index contributed by atoms with van der Waals surface area (Å²) in [5, 5.41) is 5.25. The molecular weight excluding hydrogens is 358 g/mol. The van der Waals surface area contributed by atoms with E-state index in [-0.39, 0.29) is 5.91 Å². The quantitative estimate of drug-likeness (QED) is 0.539. The number of amides is 1. The van der Waals surface area contributed by atoms with E-state index in [1.165, 1.54) is 17.5 Å². The highest BCUT2D eigenvalue weighted by Gasteiger charge is 2.12. The molecule has 0 fully saturated rings. The van der Waals surface area contributed by atoms with Gasteiger partial charge in [0.1, 0.15) is 15.6 Å². The van der Waals surface area contributed by atoms with Gasteiger partial charge in [0.15, 0.2) is 0 Å². The standard InChI is InChI=1S/C18H14ClN3O2S/c1-24-13-8-6-12(7-9-13)10-21-22-17(23)16-11-20-18(25-16)14-4-2-3-5-15(14)19/h2-11H,1H3,(H,22,23)/b21-10-. The van der Waals surface area contributed by atoms with E-state index < -0.39 is 0 Å². The second kappa shape index (κ2) is 7.92. The average molecular weight is 372 g/mol. The van der Waals surface area contributed by atoms with E-state index in [9.17, 15) is 4.79 Å². The fourth-order valence-electron chi connectivity index (χ4n) is 2.05. The monoisotopic (exact) mass is 371 g/mol. The molecule has 0 saturated heterocycles. The molecule has 1 aromatic heterocycles. The van der Waals surface area contributed by atoms with Crippen molar-refractivity contribution in [3.63, 3.8) is 0 Å². The van der Waals surface area contributed by atoms with Crippen LogP contribution in [0.1, 0.15) is 15.2 Å². The van der Waals surface area contributed by atoms with Crippen LogP contribution >= 0.6 is 22.9 Å². The summed E-state index contributed by atoms with van der Waals surface area (Å²) < 4.78 is 5.09. The minimum atomic E-state index is -0.319. The first kappa shape index (κ1) is 17.1. The number of nitrogens with zero attached hydrogens (tertiary/aromatic N) is 2. The Morgan fingerprint density at radius 1 is 1.24 bits per heavy atom. The number of rotatable bonds is 5. The number of ether oxygens (including phenoxy) is 1. The molecule has 1 N–H and O–H groups in total. The third-order valence-corrected chi connectivity index (χ3v) is 4.69. The lowest BCUT2D eigenvalue weighted by atomic mass is 10.2. The summed E-state index contributed by atoms with van der Waals surface area (Å²) in [6.45, 7) is 0. The summed E-state index contributed by atoms with van der Waals surface area (Å²) >= 11 is 7.42. The molecule has 7 heteroatoms. The van der Waals surface area contributed by atoms with Gasteiger partial charge >= 0.3 is 0 Å². The van der Waals surface area contributed by atoms with E-state index in [0.29, 0.717) is 14.9 Å². The molecular formula is C18H14ClN3O2S. The van der Waals surface area contributed by atoms with E-state index in [4.69, 9.17) is 16.3 Å². The lowest BCUT2D eigenvalue weighted by Crippen LogP contribution is -2.16. The minimum Gasteiger partial charge on any atom is -0.497 e. The van der Waals surface area contributed by atoms with Crippen LogP contribution in [-0.4, -0.2) is 24.2 Å². The average Bonchev–Trinajstić information content (AvgIpc) is 3.12. The number of benzene rings is 2. The van der Waals surface area contributed by atoms with Gasteiger partial charge in [-0.25, -0.2) is 10.4 Å². The van der Waals surface area contributed by atoms with Crippen molar-refractivity contribution in [1.29, 1.82) is 0 Å². The van der Waals surface area contributed by atoms with Crippen molar-refractivity contribution in [2.45, 2.75) is 0 Å². The molecule has 1 amide bonds. The molecule has 126 valence electrons. The largest absolute Gasteiger partial charge is 0.497 e. The zero-order valence-electron chi connectivity index (χ0n) is 13.3. The first-order chi connectivity index (χ1) is 12.2. The molecule has 25 heavy (non-hydrogen) atoms. The third kappa shape index (κ3) is 4.23. The number of thiazole rings is 1. The molecule has 0 atom stereocenters. The summed E-state index contributed by atoms with van der Waals surface area (Å²) in [4.78, 5) is 16.9. The number of hydrazone groups is 1. The van der Waals surface area contributed by atoms with Gasteiger partial charge in [-0.2, -0.15) is 5.10 Å². The molecule has 2 aromatic carbocycles. The second-order valence-corrected chi connectivity index (χ2v) is 6.42. The Balaban J connectivity index is 1.65. The highest BCUT2D eigenvalue weighted by atomic mass is 35.5. The van der Waals surface area contributed by atoms with Gasteiger partial charge in [-0.3, -0.25) is 4.79 Å². The summed E-state index contributed by atoms with van der Waals surface area (Å²) in [7, 11) is 1.61. The molecule has 0 aliphatic heterocycles. The highest BCUT2D eigenvalue weighted by Crippen LogP contribution is 2.30. The fourth-order valence-corrected chi connectivity index (χ4v) is 3.18. The Kier molecular flexibility index (Phi) is 5.42. The summed E-state index contributed by atoms with van der Waals surface area (Å²) in [5.74, 6) is 0.443. The maximum absolute atomic E-state index is 12.2. The van der Waals surface area contributed by atoms with E-state index in [2.05, 4.69) is 15.5 Å². The topological polar surface area (TPSA) is 63.6 Å². The maximum atomic E-state index is 12.2. The molecule has 3 aromatic rings. The van der Waals surface area contributed by atoms with Crippen molar-refractivity contribution in [2.24, 2.45) is 5.10 Å². The van der Waals surface area contributed by atoms with E-state index in [1.807, 2.05) is 42.5 Å². The number of aromatic nitrogens is 1. The normalized spacial score (nSPS) is 10.8. The second-order valence-electron chi connectivity index (χ2n) is 4.98. The predicted octanol–water partition coefficient (Wildman–Crippen LogP) is 4.24. The lowest BCUT2D eigenvalue weighted by molar-refractivity contribution is 0.0959. The number of carbonyl (C=O) groups is 1. The fraction of sp³-hybridized carbons (Fsp3) is 0.0556. The molecule has 0 radical (unpaired) electrons. The molecule has 3 rings (SSSR count). The highest BCUT2D eigenvalue weighted by molar-refractivity contribution is 7.17. The van der Waals surface area contributed by atoms with Crippen molar-refractivity contribution >= 4 is 35.1 Å². The van der Waals surface area contributed by atoms with Crippen LogP contribution < -0.4 is 10.2 Å². The van der Waals surface area contributed by atoms with Crippen molar-refractivity contribution in [1.82, 2.24) is 10.4 Å². The van der Waals surface area contributed by atoms with Crippen molar-refractivity contribution in [3.05, 3.63) is 70.2 Å². The molecule has 0 aliphatic rings. The predicted molar refractivity (Wildman–Crippen MR) is 101 cm³/mol. The summed E-state index contributed by atoms with van der Waals surface area (Å²) in [5.41, 5.74) is 4.14. The number of halogens is 1. The van der Waals surface area contributed by atoms with Gasteiger partial charge in [0.2, 0.25) is 0 Å². The number of methoxy groups -OCH3 is 1. The Labute approximate surface area is 153 Å². The first-order valence-electron chi connectivity index (χ1n) is 7.35.